The summed E-state index contributed by atoms with van der Waals surface area (Å²) in [5.41, 5.74) is 2.55. The van der Waals surface area contributed by atoms with Crippen LogP contribution in [0, 0.1) is 0 Å². The summed E-state index contributed by atoms with van der Waals surface area (Å²) in [7, 11) is 1.67. The summed E-state index contributed by atoms with van der Waals surface area (Å²) in [6.07, 6.45) is 1.61. The van der Waals surface area contributed by atoms with Crippen molar-refractivity contribution in [3.63, 3.8) is 0 Å². The number of benzene rings is 2. The monoisotopic (exact) mass is 277 g/mol. The molecule has 1 aromatic heterocycles. The van der Waals surface area contributed by atoms with E-state index in [1.165, 1.54) is 11.5 Å². The number of nitrogens with zero attached hydrogens (tertiary/aromatic N) is 1. The zero-order valence-electron chi connectivity index (χ0n) is 12.0. The number of pyridine rings is 1. The minimum absolute atomic E-state index is 0.0409. The third-order valence-corrected chi connectivity index (χ3v) is 3.67. The van der Waals surface area contributed by atoms with Gasteiger partial charge in [-0.15, -0.1) is 0 Å². The highest BCUT2D eigenvalue weighted by Gasteiger charge is 2.11. The number of hydrogen-bond acceptors (Lipinski definition) is 2. The van der Waals surface area contributed by atoms with Crippen LogP contribution in [0.25, 0.3) is 21.9 Å². The van der Waals surface area contributed by atoms with E-state index in [1.54, 1.807) is 19.3 Å². The number of fused-ring (bicyclic) bond motifs is 1. The van der Waals surface area contributed by atoms with Crippen LogP contribution in [0.4, 0.5) is 0 Å². The van der Waals surface area contributed by atoms with Gasteiger partial charge in [0, 0.05) is 29.6 Å². The summed E-state index contributed by atoms with van der Waals surface area (Å²) in [6.45, 7) is 1.52. The van der Waals surface area contributed by atoms with Crippen molar-refractivity contribution in [2.24, 2.45) is 7.05 Å². The molecular weight excluding hydrogens is 262 g/mol. The van der Waals surface area contributed by atoms with Crippen molar-refractivity contribution < 1.29 is 4.79 Å². The van der Waals surface area contributed by atoms with Crippen molar-refractivity contribution in [1.82, 2.24) is 4.57 Å². The molecule has 104 valence electrons. The second kappa shape index (κ2) is 5.02. The van der Waals surface area contributed by atoms with Gasteiger partial charge in [-0.25, -0.2) is 0 Å². The van der Waals surface area contributed by atoms with Crippen LogP contribution in [-0.4, -0.2) is 10.4 Å². The van der Waals surface area contributed by atoms with E-state index < -0.39 is 0 Å². The van der Waals surface area contributed by atoms with E-state index in [1.807, 2.05) is 42.5 Å². The fourth-order valence-electron chi connectivity index (χ4n) is 2.56. The molecule has 0 aliphatic carbocycles. The second-order valence-corrected chi connectivity index (χ2v) is 5.14. The molecule has 0 aliphatic heterocycles. The molecule has 0 amide bonds. The first-order valence-corrected chi connectivity index (χ1v) is 6.77. The smallest absolute Gasteiger partial charge is 0.258 e. The molecule has 0 N–H and O–H groups in total. The lowest BCUT2D eigenvalue weighted by Crippen LogP contribution is -2.18. The van der Waals surface area contributed by atoms with Gasteiger partial charge in [0.15, 0.2) is 5.78 Å². The van der Waals surface area contributed by atoms with Gasteiger partial charge in [0.1, 0.15) is 0 Å². The Kier molecular flexibility index (Phi) is 3.18. The van der Waals surface area contributed by atoms with E-state index in [0.29, 0.717) is 16.3 Å². The molecule has 3 aromatic rings. The summed E-state index contributed by atoms with van der Waals surface area (Å²) in [5, 5.41) is 1.29. The third-order valence-electron chi connectivity index (χ3n) is 3.67. The van der Waals surface area contributed by atoms with E-state index in [-0.39, 0.29) is 11.3 Å². The zero-order valence-corrected chi connectivity index (χ0v) is 12.0. The van der Waals surface area contributed by atoms with Crippen LogP contribution in [0.1, 0.15) is 17.3 Å². The van der Waals surface area contributed by atoms with E-state index >= 15 is 0 Å². The highest BCUT2D eigenvalue weighted by atomic mass is 16.1. The van der Waals surface area contributed by atoms with Gasteiger partial charge < -0.3 is 4.57 Å². The topological polar surface area (TPSA) is 39.1 Å². The average Bonchev–Trinajstić information content (AvgIpc) is 2.51. The van der Waals surface area contributed by atoms with Crippen molar-refractivity contribution in [3.05, 3.63) is 70.6 Å². The summed E-state index contributed by atoms with van der Waals surface area (Å²) < 4.78 is 1.46. The van der Waals surface area contributed by atoms with Gasteiger partial charge in [0.2, 0.25) is 0 Å². The Bertz CT molecular complexity index is 892. The van der Waals surface area contributed by atoms with Crippen molar-refractivity contribution in [3.8, 4) is 11.1 Å². The fourth-order valence-corrected chi connectivity index (χ4v) is 2.56. The van der Waals surface area contributed by atoms with E-state index in [9.17, 15) is 9.59 Å². The number of carbonyl (C=O) groups excluding carboxylic acids is 1. The first-order chi connectivity index (χ1) is 10.1. The van der Waals surface area contributed by atoms with Crippen molar-refractivity contribution in [2.45, 2.75) is 6.92 Å². The lowest BCUT2D eigenvalue weighted by molar-refractivity contribution is 0.101. The Balaban J connectivity index is 2.36. The number of ketones is 1. The Hall–Kier alpha value is -2.68. The molecule has 0 saturated carbocycles. The van der Waals surface area contributed by atoms with Crippen molar-refractivity contribution in [2.75, 3.05) is 0 Å². The largest absolute Gasteiger partial charge is 0.317 e. The van der Waals surface area contributed by atoms with Crippen LogP contribution in [0.3, 0.4) is 0 Å². The van der Waals surface area contributed by atoms with Gasteiger partial charge in [0.05, 0.1) is 0 Å². The standard InChI is InChI=1S/C18H15NO2/c1-12(20)17-11-19(2)18(21)15-9-8-14(10-16(15)17)13-6-4-3-5-7-13/h3-11H,1-2H3. The molecule has 0 bridgehead atoms. The number of carbonyl (C=O) groups is 1. The average molecular weight is 277 g/mol. The number of hydrogen-bond donors (Lipinski definition) is 0. The summed E-state index contributed by atoms with van der Waals surface area (Å²) >= 11 is 0. The van der Waals surface area contributed by atoms with Crippen LogP contribution in [0.2, 0.25) is 0 Å². The van der Waals surface area contributed by atoms with Crippen molar-refractivity contribution in [1.29, 1.82) is 0 Å². The van der Waals surface area contributed by atoms with Gasteiger partial charge in [-0.2, -0.15) is 0 Å². The van der Waals surface area contributed by atoms with E-state index in [4.69, 9.17) is 0 Å². The van der Waals surface area contributed by atoms with Crippen LogP contribution in [-0.2, 0) is 7.05 Å². The Morgan fingerprint density at radius 3 is 2.33 bits per heavy atom. The third kappa shape index (κ3) is 2.27. The molecule has 0 fully saturated rings. The van der Waals surface area contributed by atoms with E-state index in [2.05, 4.69) is 0 Å². The van der Waals surface area contributed by atoms with Gasteiger partial charge in [-0.3, -0.25) is 9.59 Å². The number of Topliss-reactive ketones (excluding diaryl/α,β-unsaturated/α-hetero) is 1. The molecule has 0 spiro atoms. The maximum absolute atomic E-state index is 12.2. The summed E-state index contributed by atoms with van der Waals surface area (Å²) in [5.74, 6) is -0.0409. The minimum Gasteiger partial charge on any atom is -0.317 e. The number of aromatic nitrogens is 1. The molecule has 3 rings (SSSR count). The van der Waals surface area contributed by atoms with Crippen LogP contribution >= 0.6 is 0 Å². The molecule has 21 heavy (non-hydrogen) atoms. The quantitative estimate of drug-likeness (QED) is 0.673. The predicted molar refractivity (Wildman–Crippen MR) is 84.6 cm³/mol. The van der Waals surface area contributed by atoms with Crippen LogP contribution in [0.15, 0.2) is 59.5 Å². The van der Waals surface area contributed by atoms with Crippen LogP contribution < -0.4 is 5.56 Å². The first-order valence-electron chi connectivity index (χ1n) is 6.77. The Labute approximate surface area is 122 Å². The first kappa shape index (κ1) is 13.3. The molecular formula is C18H15NO2. The molecule has 3 heteroatoms. The molecule has 0 aliphatic rings. The SMILES string of the molecule is CC(=O)c1cn(C)c(=O)c2ccc(-c3ccccc3)cc12. The maximum Gasteiger partial charge on any atom is 0.258 e. The van der Waals surface area contributed by atoms with Gasteiger partial charge in [-0.1, -0.05) is 36.4 Å². The molecule has 3 nitrogen and oxygen atoms in total. The highest BCUT2D eigenvalue weighted by Crippen LogP contribution is 2.25. The predicted octanol–water partition coefficient (Wildman–Crippen LogP) is 3.41. The molecule has 0 unspecified atom stereocenters. The normalized spacial score (nSPS) is 10.8. The van der Waals surface area contributed by atoms with Gasteiger partial charge in [0.25, 0.3) is 5.56 Å². The lowest BCUT2D eigenvalue weighted by atomic mass is 9.98. The molecule has 2 aromatic carbocycles. The molecule has 0 radical (unpaired) electrons. The molecule has 0 saturated heterocycles. The maximum atomic E-state index is 12.2. The minimum atomic E-state index is -0.0883. The number of rotatable bonds is 2. The number of aryl methyl sites for hydroxylation is 1. The summed E-state index contributed by atoms with van der Waals surface area (Å²) in [4.78, 5) is 24.1. The second-order valence-electron chi connectivity index (χ2n) is 5.14. The van der Waals surface area contributed by atoms with Gasteiger partial charge in [-0.05, 0) is 30.2 Å². The zero-order chi connectivity index (χ0) is 15.0. The Morgan fingerprint density at radius 1 is 0.952 bits per heavy atom. The van der Waals surface area contributed by atoms with Crippen molar-refractivity contribution >= 4 is 16.6 Å². The molecule has 1 heterocycles. The van der Waals surface area contributed by atoms with Crippen LogP contribution in [0.5, 0.6) is 0 Å². The Morgan fingerprint density at radius 2 is 1.67 bits per heavy atom. The lowest BCUT2D eigenvalue weighted by Gasteiger charge is -2.09. The fraction of sp³-hybridized carbons (Fsp3) is 0.111. The highest BCUT2D eigenvalue weighted by molar-refractivity contribution is 6.07. The van der Waals surface area contributed by atoms with Gasteiger partial charge >= 0.3 is 0 Å². The van der Waals surface area contributed by atoms with E-state index in [0.717, 1.165) is 11.1 Å². The molecule has 0 atom stereocenters. The summed E-state index contributed by atoms with van der Waals surface area (Å²) in [6, 6.07) is 15.6.